The van der Waals surface area contributed by atoms with Crippen molar-refractivity contribution < 1.29 is 13.2 Å². The Morgan fingerprint density at radius 3 is 2.36 bits per heavy atom. The average molecular weight is 418 g/mol. The van der Waals surface area contributed by atoms with Crippen LogP contribution in [0.4, 0.5) is 5.13 Å². The first-order chi connectivity index (χ1) is 13.2. The highest BCUT2D eigenvalue weighted by molar-refractivity contribution is 7.89. The number of anilines is 1. The molecule has 0 aliphatic heterocycles. The van der Waals surface area contributed by atoms with E-state index in [1.807, 2.05) is 38.1 Å². The number of amides is 1. The molecule has 0 saturated carbocycles. The first kappa shape index (κ1) is 20.4. The van der Waals surface area contributed by atoms with Crippen molar-refractivity contribution in [2.75, 3.05) is 5.32 Å². The molecule has 1 amide bonds. The van der Waals surface area contributed by atoms with Gasteiger partial charge in [0.05, 0.1) is 10.6 Å². The summed E-state index contributed by atoms with van der Waals surface area (Å²) in [4.78, 5) is 18.2. The van der Waals surface area contributed by atoms with E-state index >= 15 is 0 Å². The summed E-state index contributed by atoms with van der Waals surface area (Å²) >= 11 is 1.37. The molecule has 2 aromatic carbocycles. The lowest BCUT2D eigenvalue weighted by Crippen LogP contribution is -2.47. The van der Waals surface area contributed by atoms with E-state index in [9.17, 15) is 13.2 Å². The lowest BCUT2D eigenvalue weighted by Gasteiger charge is -2.21. The van der Waals surface area contributed by atoms with Crippen LogP contribution in [0.1, 0.15) is 24.4 Å². The van der Waals surface area contributed by atoms with Crippen LogP contribution in [0.5, 0.6) is 0 Å². The van der Waals surface area contributed by atoms with Gasteiger partial charge in [-0.15, -0.1) is 11.3 Å². The highest BCUT2D eigenvalue weighted by Crippen LogP contribution is 2.23. The van der Waals surface area contributed by atoms with Gasteiger partial charge >= 0.3 is 0 Å². The maximum atomic E-state index is 12.9. The van der Waals surface area contributed by atoms with Crippen LogP contribution in [0.2, 0.25) is 0 Å². The SMILES string of the molecule is Cc1nc(NC(=O)[C@H](NS(=O)(=O)c2ccc3ccccc3c2)C(C)C)sc1C. The van der Waals surface area contributed by atoms with Gasteiger partial charge in [-0.2, -0.15) is 4.72 Å². The van der Waals surface area contributed by atoms with Crippen molar-refractivity contribution >= 4 is 43.2 Å². The van der Waals surface area contributed by atoms with Crippen LogP contribution >= 0.6 is 11.3 Å². The Kier molecular flexibility index (Phi) is 5.83. The molecule has 148 valence electrons. The van der Waals surface area contributed by atoms with Gasteiger partial charge < -0.3 is 5.32 Å². The summed E-state index contributed by atoms with van der Waals surface area (Å²) in [5, 5.41) is 4.97. The van der Waals surface area contributed by atoms with E-state index in [4.69, 9.17) is 0 Å². The van der Waals surface area contributed by atoms with Crippen molar-refractivity contribution in [2.45, 2.75) is 38.6 Å². The monoisotopic (exact) mass is 417 g/mol. The zero-order valence-corrected chi connectivity index (χ0v) is 17.8. The fourth-order valence-corrected chi connectivity index (χ4v) is 4.97. The van der Waals surface area contributed by atoms with Gasteiger partial charge in [0.15, 0.2) is 5.13 Å². The van der Waals surface area contributed by atoms with Crippen LogP contribution in [0.25, 0.3) is 10.8 Å². The fourth-order valence-electron chi connectivity index (χ4n) is 2.77. The minimum absolute atomic E-state index is 0.130. The molecule has 0 aliphatic rings. The Balaban J connectivity index is 1.84. The van der Waals surface area contributed by atoms with Gasteiger partial charge in [0.25, 0.3) is 0 Å². The second-order valence-electron chi connectivity index (χ2n) is 7.00. The van der Waals surface area contributed by atoms with E-state index < -0.39 is 22.0 Å². The van der Waals surface area contributed by atoms with Crippen LogP contribution in [-0.4, -0.2) is 25.4 Å². The van der Waals surface area contributed by atoms with Crippen molar-refractivity contribution in [3.8, 4) is 0 Å². The summed E-state index contributed by atoms with van der Waals surface area (Å²) in [7, 11) is -3.86. The van der Waals surface area contributed by atoms with E-state index in [0.29, 0.717) is 5.13 Å². The Morgan fingerprint density at radius 2 is 1.75 bits per heavy atom. The van der Waals surface area contributed by atoms with Gasteiger partial charge in [-0.05, 0) is 42.7 Å². The number of aryl methyl sites for hydroxylation is 2. The van der Waals surface area contributed by atoms with Crippen molar-refractivity contribution in [3.05, 3.63) is 53.0 Å². The number of nitrogens with zero attached hydrogens (tertiary/aromatic N) is 1. The Hall–Kier alpha value is -2.29. The van der Waals surface area contributed by atoms with Crippen LogP contribution in [0.3, 0.4) is 0 Å². The Bertz CT molecular complexity index is 1100. The minimum Gasteiger partial charge on any atom is -0.301 e. The number of hydrogen-bond donors (Lipinski definition) is 2. The first-order valence-corrected chi connectivity index (χ1v) is 11.2. The zero-order chi connectivity index (χ0) is 20.5. The van der Waals surface area contributed by atoms with Crippen molar-refractivity contribution in [2.24, 2.45) is 5.92 Å². The molecule has 0 bridgehead atoms. The molecular weight excluding hydrogens is 394 g/mol. The van der Waals surface area contributed by atoms with Crippen molar-refractivity contribution in [1.82, 2.24) is 9.71 Å². The van der Waals surface area contributed by atoms with Crippen LogP contribution in [0.15, 0.2) is 47.4 Å². The third kappa shape index (κ3) is 4.40. The number of hydrogen-bond acceptors (Lipinski definition) is 5. The topological polar surface area (TPSA) is 88.2 Å². The predicted octanol–water partition coefficient (Wildman–Crippen LogP) is 3.85. The summed E-state index contributed by atoms with van der Waals surface area (Å²) in [6.45, 7) is 7.38. The number of thiazole rings is 1. The maximum Gasteiger partial charge on any atom is 0.244 e. The summed E-state index contributed by atoms with van der Waals surface area (Å²) in [6.07, 6.45) is 0. The summed E-state index contributed by atoms with van der Waals surface area (Å²) in [5.41, 5.74) is 0.846. The highest BCUT2D eigenvalue weighted by atomic mass is 32.2. The van der Waals surface area contributed by atoms with E-state index in [-0.39, 0.29) is 10.8 Å². The summed E-state index contributed by atoms with van der Waals surface area (Å²) < 4.78 is 28.4. The maximum absolute atomic E-state index is 12.9. The van der Waals surface area contributed by atoms with Gasteiger partial charge in [0.2, 0.25) is 15.9 Å². The van der Waals surface area contributed by atoms with Crippen molar-refractivity contribution in [3.63, 3.8) is 0 Å². The van der Waals surface area contributed by atoms with Crippen LogP contribution < -0.4 is 10.0 Å². The lowest BCUT2D eigenvalue weighted by atomic mass is 10.1. The number of nitrogens with one attached hydrogen (secondary N) is 2. The Labute approximate surface area is 169 Å². The third-order valence-electron chi connectivity index (χ3n) is 4.52. The molecule has 0 radical (unpaired) electrons. The van der Waals surface area contributed by atoms with E-state index in [1.54, 1.807) is 32.0 Å². The first-order valence-electron chi connectivity index (χ1n) is 8.93. The van der Waals surface area contributed by atoms with Crippen molar-refractivity contribution in [1.29, 1.82) is 0 Å². The molecule has 2 N–H and O–H groups in total. The average Bonchev–Trinajstić information content (AvgIpc) is 2.96. The number of benzene rings is 2. The smallest absolute Gasteiger partial charge is 0.244 e. The molecule has 1 aromatic heterocycles. The molecule has 28 heavy (non-hydrogen) atoms. The normalized spacial score (nSPS) is 13.0. The standard InChI is InChI=1S/C20H23N3O3S2/c1-12(2)18(19(24)22-20-21-13(3)14(4)27-20)23-28(25,26)17-10-9-15-7-5-6-8-16(15)11-17/h5-12,18,23H,1-4H3,(H,21,22,24)/t18-/m1/s1. The number of sulfonamides is 1. The molecule has 6 nitrogen and oxygen atoms in total. The molecule has 3 rings (SSSR count). The highest BCUT2D eigenvalue weighted by Gasteiger charge is 2.29. The van der Waals surface area contributed by atoms with E-state index in [0.717, 1.165) is 21.3 Å². The molecule has 8 heteroatoms. The molecule has 0 unspecified atom stereocenters. The summed E-state index contributed by atoms with van der Waals surface area (Å²) in [6, 6.07) is 11.5. The Morgan fingerprint density at radius 1 is 1.07 bits per heavy atom. The van der Waals surface area contributed by atoms with Crippen LogP contribution in [0, 0.1) is 19.8 Å². The second-order valence-corrected chi connectivity index (χ2v) is 9.92. The number of carbonyl (C=O) groups is 1. The summed E-state index contributed by atoms with van der Waals surface area (Å²) in [5.74, 6) is -0.662. The van der Waals surface area contributed by atoms with Crippen LogP contribution in [-0.2, 0) is 14.8 Å². The molecule has 1 heterocycles. The molecule has 0 fully saturated rings. The quantitative estimate of drug-likeness (QED) is 0.638. The fraction of sp³-hybridized carbons (Fsp3) is 0.300. The molecule has 0 spiro atoms. The number of rotatable bonds is 6. The lowest BCUT2D eigenvalue weighted by molar-refractivity contribution is -0.118. The van der Waals surface area contributed by atoms with Gasteiger partial charge in [-0.1, -0.05) is 44.2 Å². The van der Waals surface area contributed by atoms with Gasteiger partial charge in [-0.3, -0.25) is 4.79 Å². The molecule has 0 saturated heterocycles. The van der Waals surface area contributed by atoms with Gasteiger partial charge in [-0.25, -0.2) is 13.4 Å². The third-order valence-corrected chi connectivity index (χ3v) is 6.95. The molecular formula is C20H23N3O3S2. The molecule has 3 aromatic rings. The second kappa shape index (κ2) is 7.98. The minimum atomic E-state index is -3.86. The van der Waals surface area contributed by atoms with Gasteiger partial charge in [0.1, 0.15) is 6.04 Å². The molecule has 1 atom stereocenters. The van der Waals surface area contributed by atoms with E-state index in [2.05, 4.69) is 15.0 Å². The zero-order valence-electron chi connectivity index (χ0n) is 16.2. The van der Waals surface area contributed by atoms with Gasteiger partial charge in [0, 0.05) is 4.88 Å². The predicted molar refractivity (Wildman–Crippen MR) is 113 cm³/mol. The van der Waals surface area contributed by atoms with E-state index in [1.165, 1.54) is 11.3 Å². The number of fused-ring (bicyclic) bond motifs is 1. The number of aromatic nitrogens is 1. The number of carbonyl (C=O) groups excluding carboxylic acids is 1. The largest absolute Gasteiger partial charge is 0.301 e. The molecule has 0 aliphatic carbocycles.